The Kier molecular flexibility index (Phi) is 3.43. The lowest BCUT2D eigenvalue weighted by Crippen LogP contribution is -2.15. The number of primary sulfonamides is 1. The zero-order valence-electron chi connectivity index (χ0n) is 8.27. The van der Waals surface area contributed by atoms with Gasteiger partial charge < -0.3 is 5.73 Å². The van der Waals surface area contributed by atoms with Crippen molar-refractivity contribution in [2.45, 2.75) is 18.7 Å². The number of hydrogen-bond acceptors (Lipinski definition) is 3. The van der Waals surface area contributed by atoms with Crippen LogP contribution < -0.4 is 10.9 Å². The smallest absolute Gasteiger partial charge is 0.213 e. The van der Waals surface area contributed by atoms with Gasteiger partial charge in [0, 0.05) is 11.6 Å². The predicted molar refractivity (Wildman–Crippen MR) is 55.8 cm³/mol. The largest absolute Gasteiger partial charge is 0.324 e. The fourth-order valence-corrected chi connectivity index (χ4v) is 1.85. The van der Waals surface area contributed by atoms with Gasteiger partial charge in [0.15, 0.2) is 0 Å². The monoisotopic (exact) mass is 232 g/mol. The average Bonchev–Trinajstić information content (AvgIpc) is 2.05. The van der Waals surface area contributed by atoms with Crippen molar-refractivity contribution < 1.29 is 12.8 Å². The molecule has 84 valence electrons. The third kappa shape index (κ3) is 3.58. The Balaban J connectivity index is 3.04. The minimum absolute atomic E-state index is 0.0573. The molecule has 1 unspecified atom stereocenters. The summed E-state index contributed by atoms with van der Waals surface area (Å²) >= 11 is 0. The SMILES string of the molecule is CC(N)c1ccc(CS(N)(=O)=O)c(F)c1. The van der Waals surface area contributed by atoms with Gasteiger partial charge in [0.05, 0.1) is 5.75 Å². The number of hydrogen-bond donors (Lipinski definition) is 2. The maximum absolute atomic E-state index is 13.4. The molecule has 0 aliphatic rings. The molecule has 0 radical (unpaired) electrons. The molecular formula is C9H13FN2O2S. The molecule has 1 aromatic rings. The lowest BCUT2D eigenvalue weighted by atomic mass is 10.1. The molecule has 0 saturated heterocycles. The van der Waals surface area contributed by atoms with Crippen molar-refractivity contribution in [2.75, 3.05) is 0 Å². The highest BCUT2D eigenvalue weighted by atomic mass is 32.2. The third-order valence-corrected chi connectivity index (χ3v) is 2.67. The summed E-state index contributed by atoms with van der Waals surface area (Å²) in [5.41, 5.74) is 6.22. The van der Waals surface area contributed by atoms with Gasteiger partial charge in [-0.05, 0) is 18.6 Å². The predicted octanol–water partition coefficient (Wildman–Crippen LogP) is 0.634. The lowest BCUT2D eigenvalue weighted by molar-refractivity contribution is 0.587. The van der Waals surface area contributed by atoms with Crippen molar-refractivity contribution in [1.82, 2.24) is 0 Å². The molecule has 1 atom stereocenters. The zero-order chi connectivity index (χ0) is 11.6. The molecule has 0 bridgehead atoms. The third-order valence-electron chi connectivity index (χ3n) is 1.96. The Labute approximate surface area is 88.1 Å². The number of benzene rings is 1. The highest BCUT2D eigenvalue weighted by Gasteiger charge is 2.11. The number of halogens is 1. The maximum atomic E-state index is 13.4. The first-order chi connectivity index (χ1) is 6.79. The molecule has 0 spiro atoms. The molecule has 0 amide bonds. The molecule has 0 aromatic heterocycles. The van der Waals surface area contributed by atoms with Crippen molar-refractivity contribution in [3.05, 3.63) is 35.1 Å². The van der Waals surface area contributed by atoms with E-state index in [-0.39, 0.29) is 11.6 Å². The zero-order valence-corrected chi connectivity index (χ0v) is 9.09. The van der Waals surface area contributed by atoms with Crippen LogP contribution in [0, 0.1) is 5.82 Å². The van der Waals surface area contributed by atoms with Crippen LogP contribution in [0.25, 0.3) is 0 Å². The Hall–Kier alpha value is -0.980. The Morgan fingerprint density at radius 2 is 2.07 bits per heavy atom. The second kappa shape index (κ2) is 4.26. The van der Waals surface area contributed by atoms with Crippen molar-refractivity contribution in [3.8, 4) is 0 Å². The van der Waals surface area contributed by atoms with Crippen LogP contribution in [-0.2, 0) is 15.8 Å². The standard InChI is InChI=1S/C9H13FN2O2S/c1-6(11)7-2-3-8(9(10)4-7)5-15(12,13)14/h2-4,6H,5,11H2,1H3,(H2,12,13,14). The quantitative estimate of drug-likeness (QED) is 0.801. The van der Waals surface area contributed by atoms with Crippen LogP contribution in [-0.4, -0.2) is 8.42 Å². The molecule has 0 aliphatic carbocycles. The fraction of sp³-hybridized carbons (Fsp3) is 0.333. The first-order valence-electron chi connectivity index (χ1n) is 4.34. The van der Waals surface area contributed by atoms with Gasteiger partial charge >= 0.3 is 0 Å². The highest BCUT2D eigenvalue weighted by molar-refractivity contribution is 7.88. The van der Waals surface area contributed by atoms with Crippen LogP contribution in [0.1, 0.15) is 24.1 Å². The molecule has 0 aliphatic heterocycles. The molecule has 15 heavy (non-hydrogen) atoms. The highest BCUT2D eigenvalue weighted by Crippen LogP contribution is 2.16. The van der Waals surface area contributed by atoms with Crippen LogP contribution in [0.3, 0.4) is 0 Å². The van der Waals surface area contributed by atoms with Crippen LogP contribution in [0.4, 0.5) is 4.39 Å². The van der Waals surface area contributed by atoms with E-state index in [1.165, 1.54) is 12.1 Å². The van der Waals surface area contributed by atoms with E-state index >= 15 is 0 Å². The average molecular weight is 232 g/mol. The van der Waals surface area contributed by atoms with E-state index in [0.717, 1.165) is 0 Å². The maximum Gasteiger partial charge on any atom is 0.213 e. The summed E-state index contributed by atoms with van der Waals surface area (Å²) in [6, 6.07) is 3.92. The van der Waals surface area contributed by atoms with E-state index in [9.17, 15) is 12.8 Å². The van der Waals surface area contributed by atoms with Crippen molar-refractivity contribution in [3.63, 3.8) is 0 Å². The molecule has 4 nitrogen and oxygen atoms in total. The van der Waals surface area contributed by atoms with Gasteiger partial charge in [0.2, 0.25) is 10.0 Å². The first-order valence-corrected chi connectivity index (χ1v) is 6.05. The summed E-state index contributed by atoms with van der Waals surface area (Å²) in [7, 11) is -3.70. The van der Waals surface area contributed by atoms with E-state index in [1.807, 2.05) is 0 Å². The second-order valence-electron chi connectivity index (χ2n) is 3.45. The summed E-state index contributed by atoms with van der Waals surface area (Å²) in [5, 5.41) is 4.82. The number of rotatable bonds is 3. The molecule has 0 heterocycles. The van der Waals surface area contributed by atoms with Crippen LogP contribution in [0.15, 0.2) is 18.2 Å². The van der Waals surface area contributed by atoms with Gasteiger partial charge in [-0.2, -0.15) is 0 Å². The second-order valence-corrected chi connectivity index (χ2v) is 5.06. The molecule has 1 aromatic carbocycles. The van der Waals surface area contributed by atoms with Crippen molar-refractivity contribution >= 4 is 10.0 Å². The Bertz CT molecular complexity index is 457. The van der Waals surface area contributed by atoms with E-state index in [4.69, 9.17) is 10.9 Å². The van der Waals surface area contributed by atoms with Crippen LogP contribution in [0.2, 0.25) is 0 Å². The van der Waals surface area contributed by atoms with Crippen molar-refractivity contribution in [1.29, 1.82) is 0 Å². The molecule has 6 heteroatoms. The van der Waals surface area contributed by atoms with Gasteiger partial charge in [-0.25, -0.2) is 17.9 Å². The molecular weight excluding hydrogens is 219 g/mol. The fourth-order valence-electron chi connectivity index (χ4n) is 1.18. The minimum atomic E-state index is -3.70. The van der Waals surface area contributed by atoms with Gasteiger partial charge in [-0.15, -0.1) is 0 Å². The minimum Gasteiger partial charge on any atom is -0.324 e. The van der Waals surface area contributed by atoms with E-state index in [1.54, 1.807) is 13.0 Å². The first kappa shape index (κ1) is 12.1. The van der Waals surface area contributed by atoms with Gasteiger partial charge in [-0.1, -0.05) is 12.1 Å². The van der Waals surface area contributed by atoms with Gasteiger partial charge in [0.1, 0.15) is 5.82 Å². The lowest BCUT2D eigenvalue weighted by Gasteiger charge is -2.07. The topological polar surface area (TPSA) is 86.2 Å². The molecule has 0 fully saturated rings. The van der Waals surface area contributed by atoms with Gasteiger partial charge in [-0.3, -0.25) is 0 Å². The Morgan fingerprint density at radius 1 is 1.47 bits per heavy atom. The summed E-state index contributed by atoms with van der Waals surface area (Å²) in [4.78, 5) is 0. The summed E-state index contributed by atoms with van der Waals surface area (Å²) in [6.45, 7) is 1.72. The van der Waals surface area contributed by atoms with Crippen LogP contribution in [0.5, 0.6) is 0 Å². The van der Waals surface area contributed by atoms with E-state index in [2.05, 4.69) is 0 Å². The summed E-state index contributed by atoms with van der Waals surface area (Å²) in [5.74, 6) is -1.10. The van der Waals surface area contributed by atoms with E-state index < -0.39 is 21.6 Å². The number of sulfonamides is 1. The molecule has 4 N–H and O–H groups in total. The van der Waals surface area contributed by atoms with Gasteiger partial charge in [0.25, 0.3) is 0 Å². The Morgan fingerprint density at radius 3 is 2.47 bits per heavy atom. The molecule has 0 saturated carbocycles. The normalized spacial score (nSPS) is 13.9. The van der Waals surface area contributed by atoms with Crippen molar-refractivity contribution in [2.24, 2.45) is 10.9 Å². The molecule has 1 rings (SSSR count). The summed E-state index contributed by atoms with van der Waals surface area (Å²) < 4.78 is 34.9. The van der Waals surface area contributed by atoms with Crippen LogP contribution >= 0.6 is 0 Å². The summed E-state index contributed by atoms with van der Waals surface area (Å²) in [6.07, 6.45) is 0. The number of nitrogens with two attached hydrogens (primary N) is 2. The van der Waals surface area contributed by atoms with E-state index in [0.29, 0.717) is 5.56 Å².